The lowest BCUT2D eigenvalue weighted by atomic mass is 10.1. The molecule has 0 aliphatic carbocycles. The van der Waals surface area contributed by atoms with E-state index in [4.69, 9.17) is 16.3 Å². The van der Waals surface area contributed by atoms with E-state index in [1.165, 1.54) is 24.3 Å². The zero-order valence-electron chi connectivity index (χ0n) is 19.4. The maximum absolute atomic E-state index is 13.5. The minimum atomic E-state index is -3.92. The highest BCUT2D eigenvalue weighted by atomic mass is 35.5. The monoisotopic (exact) mass is 513 g/mol. The Balaban J connectivity index is 1.48. The summed E-state index contributed by atoms with van der Waals surface area (Å²) in [7, 11) is -2.29. The highest BCUT2D eigenvalue weighted by molar-refractivity contribution is 7.89. The van der Waals surface area contributed by atoms with Gasteiger partial charge in [0.05, 0.1) is 12.0 Å². The van der Waals surface area contributed by atoms with Gasteiger partial charge in [0.1, 0.15) is 11.8 Å². The predicted molar refractivity (Wildman–Crippen MR) is 137 cm³/mol. The molecule has 184 valence electrons. The first-order valence-electron chi connectivity index (χ1n) is 11.4. The number of rotatable bonds is 8. The third-order valence-electron chi connectivity index (χ3n) is 6.03. The van der Waals surface area contributed by atoms with Crippen LogP contribution >= 0.6 is 11.6 Å². The Kier molecular flexibility index (Phi) is 7.95. The van der Waals surface area contributed by atoms with E-state index < -0.39 is 16.1 Å². The zero-order valence-corrected chi connectivity index (χ0v) is 21.0. The normalized spacial score (nSPS) is 15.0. The summed E-state index contributed by atoms with van der Waals surface area (Å²) in [5.41, 5.74) is 1.93. The molecule has 1 amide bonds. The molecule has 1 N–H and O–H groups in total. The van der Waals surface area contributed by atoms with Crippen LogP contribution in [0.3, 0.4) is 0 Å². The van der Waals surface area contributed by atoms with Crippen LogP contribution < -0.4 is 14.4 Å². The second-order valence-corrected chi connectivity index (χ2v) is 10.5. The average molecular weight is 514 g/mol. The Morgan fingerprint density at radius 2 is 1.57 bits per heavy atom. The SMILES string of the molecule is COc1ccc(N2CCN(C(=O)[C@@H](Cc3ccccc3)NS(=O)(=O)c3ccc(Cl)cc3)CC2)cc1. The standard InChI is InChI=1S/C26H28ClN3O4S/c1-34-23-11-9-22(10-12-23)29-15-17-30(18-16-29)26(31)25(19-20-5-3-2-4-6-20)28-35(32,33)24-13-7-21(27)8-14-24/h2-14,25,28H,15-19H2,1H3/t25-/m1/s1. The van der Waals surface area contributed by atoms with E-state index in [1.807, 2.05) is 54.6 Å². The maximum atomic E-state index is 13.5. The van der Waals surface area contributed by atoms with Crippen molar-refractivity contribution in [3.8, 4) is 5.75 Å². The smallest absolute Gasteiger partial charge is 0.241 e. The first kappa shape index (κ1) is 25.0. The summed E-state index contributed by atoms with van der Waals surface area (Å²) in [6.07, 6.45) is 0.255. The Labute approximate surface area is 211 Å². The van der Waals surface area contributed by atoms with E-state index in [0.29, 0.717) is 31.2 Å². The fourth-order valence-corrected chi connectivity index (χ4v) is 5.41. The molecular weight excluding hydrogens is 486 g/mol. The summed E-state index contributed by atoms with van der Waals surface area (Å²) in [6, 6.07) is 22.2. The van der Waals surface area contributed by atoms with E-state index in [2.05, 4.69) is 9.62 Å². The predicted octanol–water partition coefficient (Wildman–Crippen LogP) is 3.59. The number of sulfonamides is 1. The van der Waals surface area contributed by atoms with Crippen LogP contribution in [0, 0.1) is 0 Å². The average Bonchev–Trinajstić information content (AvgIpc) is 2.89. The van der Waals surface area contributed by atoms with Crippen molar-refractivity contribution in [2.24, 2.45) is 0 Å². The van der Waals surface area contributed by atoms with E-state index in [1.54, 1.807) is 12.0 Å². The minimum Gasteiger partial charge on any atom is -0.497 e. The van der Waals surface area contributed by atoms with Crippen LogP contribution in [0.15, 0.2) is 83.8 Å². The lowest BCUT2D eigenvalue weighted by Crippen LogP contribution is -2.55. The summed E-state index contributed by atoms with van der Waals surface area (Å²) < 4.78 is 34.0. The van der Waals surface area contributed by atoms with E-state index in [9.17, 15) is 13.2 Å². The minimum absolute atomic E-state index is 0.0667. The largest absolute Gasteiger partial charge is 0.497 e. The van der Waals surface area contributed by atoms with Crippen LogP contribution in [0.4, 0.5) is 5.69 Å². The quantitative estimate of drug-likeness (QED) is 0.498. The molecule has 0 radical (unpaired) electrons. The fraction of sp³-hybridized carbons (Fsp3) is 0.269. The summed E-state index contributed by atoms with van der Waals surface area (Å²) in [4.78, 5) is 17.5. The molecule has 3 aromatic carbocycles. The van der Waals surface area contributed by atoms with E-state index >= 15 is 0 Å². The second kappa shape index (κ2) is 11.1. The van der Waals surface area contributed by atoms with Crippen molar-refractivity contribution < 1.29 is 17.9 Å². The molecule has 0 aromatic heterocycles. The molecule has 1 fully saturated rings. The zero-order chi connectivity index (χ0) is 24.8. The number of carbonyl (C=O) groups is 1. The van der Waals surface area contributed by atoms with Gasteiger partial charge in [0, 0.05) is 36.9 Å². The molecule has 35 heavy (non-hydrogen) atoms. The second-order valence-electron chi connectivity index (χ2n) is 8.33. The number of amides is 1. The number of ether oxygens (including phenoxy) is 1. The summed E-state index contributed by atoms with van der Waals surface area (Å²) >= 11 is 5.91. The lowest BCUT2D eigenvalue weighted by Gasteiger charge is -2.37. The molecule has 0 saturated carbocycles. The molecule has 7 nitrogen and oxygen atoms in total. The van der Waals surface area contributed by atoms with Crippen molar-refractivity contribution in [1.82, 2.24) is 9.62 Å². The van der Waals surface area contributed by atoms with Crippen molar-refractivity contribution in [3.63, 3.8) is 0 Å². The van der Waals surface area contributed by atoms with Crippen LogP contribution in [0.2, 0.25) is 5.02 Å². The van der Waals surface area contributed by atoms with Crippen molar-refractivity contribution in [3.05, 3.63) is 89.4 Å². The van der Waals surface area contributed by atoms with Gasteiger partial charge in [-0.2, -0.15) is 4.72 Å². The molecule has 4 rings (SSSR count). The van der Waals surface area contributed by atoms with Gasteiger partial charge in [-0.3, -0.25) is 4.79 Å². The van der Waals surface area contributed by atoms with Gasteiger partial charge < -0.3 is 14.5 Å². The number of methoxy groups -OCH3 is 1. The molecule has 1 heterocycles. The van der Waals surface area contributed by atoms with Crippen LogP contribution in [0.1, 0.15) is 5.56 Å². The number of halogens is 1. The van der Waals surface area contributed by atoms with Crippen LogP contribution in [0.25, 0.3) is 0 Å². The molecule has 1 atom stereocenters. The molecular formula is C26H28ClN3O4S. The lowest BCUT2D eigenvalue weighted by molar-refractivity contribution is -0.133. The Bertz CT molecular complexity index is 1230. The summed E-state index contributed by atoms with van der Waals surface area (Å²) in [6.45, 7) is 2.30. The van der Waals surface area contributed by atoms with Crippen LogP contribution in [0.5, 0.6) is 5.75 Å². The van der Waals surface area contributed by atoms with Crippen LogP contribution in [-0.4, -0.2) is 58.6 Å². The van der Waals surface area contributed by atoms with Gasteiger partial charge in [-0.15, -0.1) is 0 Å². The van der Waals surface area contributed by atoms with Gasteiger partial charge in [0.2, 0.25) is 15.9 Å². The van der Waals surface area contributed by atoms with Crippen molar-refractivity contribution >= 4 is 33.2 Å². The number of benzene rings is 3. The molecule has 1 aliphatic rings. The van der Waals surface area contributed by atoms with Gasteiger partial charge in [-0.1, -0.05) is 41.9 Å². The van der Waals surface area contributed by atoms with Gasteiger partial charge in [0.15, 0.2) is 0 Å². The maximum Gasteiger partial charge on any atom is 0.241 e. The first-order valence-corrected chi connectivity index (χ1v) is 13.2. The van der Waals surface area contributed by atoms with Crippen molar-refractivity contribution in [2.45, 2.75) is 17.4 Å². The first-order chi connectivity index (χ1) is 16.9. The molecule has 3 aromatic rings. The Morgan fingerprint density at radius 3 is 2.17 bits per heavy atom. The third kappa shape index (κ3) is 6.33. The Hall–Kier alpha value is -3.07. The molecule has 1 saturated heterocycles. The molecule has 0 unspecified atom stereocenters. The number of carbonyl (C=O) groups excluding carboxylic acids is 1. The molecule has 0 spiro atoms. The van der Waals surface area contributed by atoms with Gasteiger partial charge in [0.25, 0.3) is 0 Å². The number of anilines is 1. The molecule has 1 aliphatic heterocycles. The van der Waals surface area contributed by atoms with Crippen molar-refractivity contribution in [1.29, 1.82) is 0 Å². The Morgan fingerprint density at radius 1 is 0.943 bits per heavy atom. The van der Waals surface area contributed by atoms with E-state index in [0.717, 1.165) is 17.0 Å². The fourth-order valence-electron chi connectivity index (χ4n) is 4.10. The number of hydrogen-bond donors (Lipinski definition) is 1. The van der Waals surface area contributed by atoms with Crippen LogP contribution in [-0.2, 0) is 21.2 Å². The number of piperazine rings is 1. The number of nitrogens with zero attached hydrogens (tertiary/aromatic N) is 2. The molecule has 0 bridgehead atoms. The third-order valence-corrected chi connectivity index (χ3v) is 7.77. The van der Waals surface area contributed by atoms with E-state index in [-0.39, 0.29) is 17.2 Å². The topological polar surface area (TPSA) is 79.0 Å². The molecule has 9 heteroatoms. The number of nitrogens with one attached hydrogen (secondary N) is 1. The highest BCUT2D eigenvalue weighted by Crippen LogP contribution is 2.21. The van der Waals surface area contributed by atoms with Gasteiger partial charge >= 0.3 is 0 Å². The number of hydrogen-bond acceptors (Lipinski definition) is 5. The van der Waals surface area contributed by atoms with Gasteiger partial charge in [-0.05, 0) is 60.5 Å². The summed E-state index contributed by atoms with van der Waals surface area (Å²) in [5, 5.41) is 0.440. The summed E-state index contributed by atoms with van der Waals surface area (Å²) in [5.74, 6) is 0.556. The van der Waals surface area contributed by atoms with Gasteiger partial charge in [-0.25, -0.2) is 8.42 Å². The highest BCUT2D eigenvalue weighted by Gasteiger charge is 2.31. The van der Waals surface area contributed by atoms with Crippen molar-refractivity contribution in [2.75, 3.05) is 38.2 Å².